The Morgan fingerprint density at radius 1 is 1.21 bits per heavy atom. The molecular weight excluding hydrogens is 481 g/mol. The summed E-state index contributed by atoms with van der Waals surface area (Å²) in [6.45, 7) is 7.31. The van der Waals surface area contributed by atoms with Crippen LogP contribution in [0.3, 0.4) is 0 Å². The fourth-order valence-electron chi connectivity index (χ4n) is 3.51. The highest BCUT2D eigenvalue weighted by Gasteiger charge is 2.16. The molecule has 0 atom stereocenters. The molecule has 0 amide bonds. The van der Waals surface area contributed by atoms with E-state index in [0.29, 0.717) is 22.0 Å². The fourth-order valence-corrected chi connectivity index (χ4v) is 4.00. The lowest BCUT2D eigenvalue weighted by Gasteiger charge is -2.34. The molecule has 8 heteroatoms. The number of hydrogen-bond acceptors (Lipinski definition) is 6. The Morgan fingerprint density at radius 2 is 2.00 bits per heavy atom. The van der Waals surface area contributed by atoms with E-state index in [-0.39, 0.29) is 11.4 Å². The van der Waals surface area contributed by atoms with Crippen LogP contribution in [0.2, 0.25) is 0 Å². The maximum Gasteiger partial charge on any atom is 0.258 e. The third-order valence-corrected chi connectivity index (χ3v) is 5.89. The number of aromatic hydroxyl groups is 1. The van der Waals surface area contributed by atoms with Gasteiger partial charge in [0, 0.05) is 46.7 Å². The maximum absolute atomic E-state index is 12.1. The van der Waals surface area contributed by atoms with Crippen LogP contribution in [0, 0.1) is 3.57 Å². The largest absolute Gasteiger partial charge is 0.494 e. The number of rotatable bonds is 4. The minimum absolute atomic E-state index is 0.188. The molecule has 1 saturated heterocycles. The van der Waals surface area contributed by atoms with Crippen molar-refractivity contribution in [2.24, 2.45) is 4.99 Å². The first-order chi connectivity index (χ1) is 14.0. The number of aromatic amines is 1. The van der Waals surface area contributed by atoms with Gasteiger partial charge in [0.05, 0.1) is 17.4 Å². The molecule has 3 heterocycles. The summed E-state index contributed by atoms with van der Waals surface area (Å²) in [6, 6.07) is 9.37. The summed E-state index contributed by atoms with van der Waals surface area (Å²) in [5.74, 6) is 0.762. The summed E-state index contributed by atoms with van der Waals surface area (Å²) in [6.07, 6.45) is 3.30. The van der Waals surface area contributed by atoms with Gasteiger partial charge in [0.15, 0.2) is 0 Å². The molecule has 1 aliphatic rings. The Bertz CT molecular complexity index is 1100. The van der Waals surface area contributed by atoms with Crippen molar-refractivity contribution in [3.8, 4) is 5.88 Å². The molecule has 2 aromatic heterocycles. The highest BCUT2D eigenvalue weighted by Crippen LogP contribution is 2.24. The maximum atomic E-state index is 12.1. The number of H-pyrrole nitrogens is 1. The van der Waals surface area contributed by atoms with Gasteiger partial charge in [0.2, 0.25) is 5.88 Å². The number of nitrogens with zero attached hydrogens (tertiary/aromatic N) is 4. The number of hydrogen-bond donors (Lipinski definition) is 2. The Morgan fingerprint density at radius 3 is 2.69 bits per heavy atom. The zero-order chi connectivity index (χ0) is 20.4. The first kappa shape index (κ1) is 19.8. The van der Waals surface area contributed by atoms with E-state index < -0.39 is 0 Å². The van der Waals surface area contributed by atoms with E-state index in [0.717, 1.165) is 42.1 Å². The summed E-state index contributed by atoms with van der Waals surface area (Å²) in [5, 5.41) is 11.4. The standard InChI is InChI=1S/C21H22IN5O2/c1-2-26-7-9-27(10-8-26)19-6-4-15(12-24-19)23-13-18-17-11-14(22)3-5-16(17)20(28)25-21(18)29/h3-6,11-13H,2,7-10H2,1H3,(H2,25,28,29). The lowest BCUT2D eigenvalue weighted by atomic mass is 10.1. The number of benzene rings is 1. The Balaban J connectivity index is 1.57. The quantitative estimate of drug-likeness (QED) is 0.422. The van der Waals surface area contributed by atoms with Crippen molar-refractivity contribution < 1.29 is 5.11 Å². The van der Waals surface area contributed by atoms with E-state index in [2.05, 4.69) is 54.3 Å². The van der Waals surface area contributed by atoms with Crippen LogP contribution in [-0.2, 0) is 0 Å². The lowest BCUT2D eigenvalue weighted by molar-refractivity contribution is 0.270. The van der Waals surface area contributed by atoms with Crippen LogP contribution in [0.1, 0.15) is 12.5 Å². The SMILES string of the molecule is CCN1CCN(c2ccc(N=Cc3c(O)[nH]c(=O)c4ccc(I)cc34)cn2)CC1. The van der Waals surface area contributed by atoms with E-state index >= 15 is 0 Å². The molecular formula is C21H22IN5O2. The number of pyridine rings is 2. The van der Waals surface area contributed by atoms with Crippen molar-refractivity contribution in [3.05, 3.63) is 56.0 Å². The van der Waals surface area contributed by atoms with Crippen LogP contribution in [0.5, 0.6) is 5.88 Å². The third kappa shape index (κ3) is 4.27. The predicted octanol–water partition coefficient (Wildman–Crippen LogP) is 3.13. The molecule has 0 spiro atoms. The number of aromatic nitrogens is 2. The van der Waals surface area contributed by atoms with Gasteiger partial charge in [-0.25, -0.2) is 4.98 Å². The third-order valence-electron chi connectivity index (χ3n) is 5.22. The van der Waals surface area contributed by atoms with Crippen LogP contribution >= 0.6 is 22.6 Å². The smallest absolute Gasteiger partial charge is 0.258 e. The molecule has 0 unspecified atom stereocenters. The second kappa shape index (κ2) is 8.50. The van der Waals surface area contributed by atoms with Crippen LogP contribution < -0.4 is 10.5 Å². The van der Waals surface area contributed by atoms with Crippen molar-refractivity contribution in [3.63, 3.8) is 0 Å². The first-order valence-corrected chi connectivity index (χ1v) is 10.6. The van der Waals surface area contributed by atoms with Gasteiger partial charge in [-0.05, 0) is 59.5 Å². The number of halogens is 1. The molecule has 1 fully saturated rings. The number of piperazine rings is 1. The van der Waals surface area contributed by atoms with Gasteiger partial charge in [0.25, 0.3) is 5.56 Å². The van der Waals surface area contributed by atoms with Gasteiger partial charge in [-0.1, -0.05) is 6.92 Å². The average Bonchev–Trinajstić information content (AvgIpc) is 2.74. The van der Waals surface area contributed by atoms with E-state index in [1.807, 2.05) is 24.3 Å². The van der Waals surface area contributed by atoms with Crippen LogP contribution in [-0.4, -0.2) is 58.9 Å². The Kier molecular flexibility index (Phi) is 5.81. The van der Waals surface area contributed by atoms with Crippen molar-refractivity contribution in [2.75, 3.05) is 37.6 Å². The van der Waals surface area contributed by atoms with E-state index in [4.69, 9.17) is 0 Å². The molecule has 150 valence electrons. The molecule has 1 aromatic carbocycles. The first-order valence-electron chi connectivity index (χ1n) is 9.57. The molecule has 1 aliphatic heterocycles. The van der Waals surface area contributed by atoms with Crippen LogP contribution in [0.25, 0.3) is 10.8 Å². The molecule has 0 radical (unpaired) electrons. The summed E-state index contributed by atoms with van der Waals surface area (Å²) in [7, 11) is 0. The van der Waals surface area contributed by atoms with Gasteiger partial charge in [-0.3, -0.25) is 14.8 Å². The van der Waals surface area contributed by atoms with Crippen LogP contribution in [0.4, 0.5) is 11.5 Å². The highest BCUT2D eigenvalue weighted by molar-refractivity contribution is 14.1. The second-order valence-corrected chi connectivity index (χ2v) is 8.21. The summed E-state index contributed by atoms with van der Waals surface area (Å²) < 4.78 is 0.976. The minimum Gasteiger partial charge on any atom is -0.494 e. The second-order valence-electron chi connectivity index (χ2n) is 6.96. The molecule has 0 saturated carbocycles. The zero-order valence-electron chi connectivity index (χ0n) is 16.1. The monoisotopic (exact) mass is 503 g/mol. The van der Waals surface area contributed by atoms with Gasteiger partial charge in [0.1, 0.15) is 5.82 Å². The molecule has 7 nitrogen and oxygen atoms in total. The number of nitrogens with one attached hydrogen (secondary N) is 1. The predicted molar refractivity (Wildman–Crippen MR) is 125 cm³/mol. The summed E-state index contributed by atoms with van der Waals surface area (Å²) in [4.78, 5) is 28.3. The summed E-state index contributed by atoms with van der Waals surface area (Å²) >= 11 is 2.18. The van der Waals surface area contributed by atoms with Crippen molar-refractivity contribution in [1.82, 2.24) is 14.9 Å². The average molecular weight is 503 g/mol. The normalized spacial score (nSPS) is 15.4. The van der Waals surface area contributed by atoms with E-state index in [1.165, 1.54) is 0 Å². The molecule has 0 bridgehead atoms. The van der Waals surface area contributed by atoms with Gasteiger partial charge >= 0.3 is 0 Å². The van der Waals surface area contributed by atoms with Crippen molar-refractivity contribution in [2.45, 2.75) is 6.92 Å². The molecule has 4 rings (SSSR count). The van der Waals surface area contributed by atoms with Crippen molar-refractivity contribution in [1.29, 1.82) is 0 Å². The fraction of sp³-hybridized carbons (Fsp3) is 0.286. The topological polar surface area (TPSA) is 84.8 Å². The summed E-state index contributed by atoms with van der Waals surface area (Å²) in [5.41, 5.74) is 0.850. The Labute approximate surface area is 182 Å². The van der Waals surface area contributed by atoms with Gasteiger partial charge in [-0.15, -0.1) is 0 Å². The zero-order valence-corrected chi connectivity index (χ0v) is 18.3. The number of likely N-dealkylation sites (N-methyl/N-ethyl adjacent to an activating group) is 1. The van der Waals surface area contributed by atoms with Gasteiger partial charge < -0.3 is 14.9 Å². The molecule has 29 heavy (non-hydrogen) atoms. The molecule has 0 aliphatic carbocycles. The van der Waals surface area contributed by atoms with Crippen LogP contribution in [0.15, 0.2) is 46.3 Å². The minimum atomic E-state index is -0.319. The molecule has 2 N–H and O–H groups in total. The number of fused-ring (bicyclic) bond motifs is 1. The Hall–Kier alpha value is -2.46. The van der Waals surface area contributed by atoms with E-state index in [9.17, 15) is 9.90 Å². The van der Waals surface area contributed by atoms with Crippen molar-refractivity contribution >= 4 is 51.1 Å². The van der Waals surface area contributed by atoms with E-state index in [1.54, 1.807) is 18.5 Å². The highest BCUT2D eigenvalue weighted by atomic mass is 127. The number of aliphatic imine (C=N–C) groups is 1. The lowest BCUT2D eigenvalue weighted by Crippen LogP contribution is -2.46. The van der Waals surface area contributed by atoms with Gasteiger partial charge in [-0.2, -0.15) is 0 Å². The number of anilines is 1. The molecule has 3 aromatic rings.